The fraction of sp³-hybridized carbons (Fsp3) is 0.364. The van der Waals surface area contributed by atoms with Crippen LogP contribution in [0.4, 0.5) is 0 Å². The van der Waals surface area contributed by atoms with E-state index in [1.807, 2.05) is 19.1 Å². The van der Waals surface area contributed by atoms with Crippen LogP contribution in [0.25, 0.3) is 0 Å². The average molecular weight is 257 g/mol. The molecule has 0 aliphatic rings. The van der Waals surface area contributed by atoms with Gasteiger partial charge in [-0.25, -0.2) is 0 Å². The molecular weight excluding hydrogens is 242 g/mol. The van der Waals surface area contributed by atoms with Crippen LogP contribution in [0, 0.1) is 6.92 Å². The van der Waals surface area contributed by atoms with Gasteiger partial charge in [-0.05, 0) is 25.5 Å². The summed E-state index contributed by atoms with van der Waals surface area (Å²) in [4.78, 5) is 11.6. The zero-order valence-electron chi connectivity index (χ0n) is 9.51. The molecule has 2 N–H and O–H groups in total. The topological polar surface area (TPSA) is 75.6 Å². The minimum Gasteiger partial charge on any atom is -0.352 e. The second-order valence-electron chi connectivity index (χ2n) is 3.51. The summed E-state index contributed by atoms with van der Waals surface area (Å²) in [7, 11) is 0. The van der Waals surface area contributed by atoms with Gasteiger partial charge >= 0.3 is 11.4 Å². The molecule has 0 heterocycles. The van der Waals surface area contributed by atoms with Gasteiger partial charge in [-0.1, -0.05) is 17.7 Å². The summed E-state index contributed by atoms with van der Waals surface area (Å²) >= 11 is -2.23. The van der Waals surface area contributed by atoms with E-state index >= 15 is 0 Å². The number of carbonyl (C=O) groups is 1. The van der Waals surface area contributed by atoms with Crippen molar-refractivity contribution in [3.8, 4) is 0 Å². The summed E-state index contributed by atoms with van der Waals surface area (Å²) < 4.78 is 22.9. The Bertz CT molecular complexity index is 391. The number of hydrogen-bond donors (Lipinski definition) is 2. The summed E-state index contributed by atoms with van der Waals surface area (Å²) in [5.74, 6) is -0.157. The lowest BCUT2D eigenvalue weighted by Crippen LogP contribution is -2.25. The predicted octanol–water partition coefficient (Wildman–Crippen LogP) is 1.27. The lowest BCUT2D eigenvalue weighted by atomic mass is 10.1. The summed E-state index contributed by atoms with van der Waals surface area (Å²) in [6, 6.07) is 7.24. The highest BCUT2D eigenvalue weighted by atomic mass is 32.2. The molecule has 17 heavy (non-hydrogen) atoms. The van der Waals surface area contributed by atoms with Gasteiger partial charge in [-0.2, -0.15) is 4.21 Å². The number of hydrogen-bond acceptors (Lipinski definition) is 3. The largest absolute Gasteiger partial charge is 0.352 e. The Hall–Kier alpha value is -1.24. The standard InChI is InChI=1S/C11H15NO4S/c1-9-3-5-10(6-4-9)11(13)12-7-2-8-16-17(14)15/h3-6H,2,7-8H2,1H3,(H,12,13)(H,14,15). The average Bonchev–Trinajstić information content (AvgIpc) is 2.29. The van der Waals surface area contributed by atoms with Crippen molar-refractivity contribution in [2.24, 2.45) is 0 Å². The van der Waals surface area contributed by atoms with Crippen LogP contribution in [0.2, 0.25) is 0 Å². The van der Waals surface area contributed by atoms with Crippen molar-refractivity contribution in [2.75, 3.05) is 13.2 Å². The van der Waals surface area contributed by atoms with Crippen molar-refractivity contribution in [3.05, 3.63) is 35.4 Å². The van der Waals surface area contributed by atoms with E-state index in [1.54, 1.807) is 12.1 Å². The summed E-state index contributed by atoms with van der Waals surface area (Å²) in [6.07, 6.45) is 0.490. The maximum Gasteiger partial charge on any atom is 0.301 e. The van der Waals surface area contributed by atoms with E-state index in [0.29, 0.717) is 18.5 Å². The molecule has 0 fully saturated rings. The van der Waals surface area contributed by atoms with Crippen molar-refractivity contribution in [3.63, 3.8) is 0 Å². The molecule has 1 unspecified atom stereocenters. The first-order valence-corrected chi connectivity index (χ1v) is 6.22. The molecule has 0 spiro atoms. The van der Waals surface area contributed by atoms with E-state index in [0.717, 1.165) is 5.56 Å². The van der Waals surface area contributed by atoms with Crippen LogP contribution in [0.5, 0.6) is 0 Å². The number of carbonyl (C=O) groups excluding carboxylic acids is 1. The predicted molar refractivity (Wildman–Crippen MR) is 64.9 cm³/mol. The van der Waals surface area contributed by atoms with Crippen LogP contribution in [0.3, 0.4) is 0 Å². The molecule has 0 bridgehead atoms. The van der Waals surface area contributed by atoms with Gasteiger partial charge in [0.05, 0.1) is 6.61 Å². The molecule has 0 aliphatic carbocycles. The van der Waals surface area contributed by atoms with Crippen molar-refractivity contribution in [1.29, 1.82) is 0 Å². The van der Waals surface area contributed by atoms with Gasteiger partial charge in [0.2, 0.25) is 0 Å². The third-order valence-electron chi connectivity index (χ3n) is 2.10. The van der Waals surface area contributed by atoms with Crippen LogP contribution in [0.15, 0.2) is 24.3 Å². The number of amides is 1. The van der Waals surface area contributed by atoms with E-state index in [1.165, 1.54) is 0 Å². The highest BCUT2D eigenvalue weighted by Crippen LogP contribution is 2.02. The van der Waals surface area contributed by atoms with Crippen LogP contribution in [-0.4, -0.2) is 27.8 Å². The van der Waals surface area contributed by atoms with E-state index in [4.69, 9.17) is 4.55 Å². The maximum absolute atomic E-state index is 11.6. The number of aryl methyl sites for hydroxylation is 1. The second-order valence-corrected chi connectivity index (χ2v) is 4.18. The lowest BCUT2D eigenvalue weighted by Gasteiger charge is -2.04. The second kappa shape index (κ2) is 7.16. The van der Waals surface area contributed by atoms with Crippen LogP contribution >= 0.6 is 0 Å². The summed E-state index contributed by atoms with van der Waals surface area (Å²) in [6.45, 7) is 2.50. The first-order chi connectivity index (χ1) is 8.09. The molecule has 1 rings (SSSR count). The van der Waals surface area contributed by atoms with Gasteiger partial charge in [0.25, 0.3) is 5.91 Å². The Labute approximate surface area is 103 Å². The van der Waals surface area contributed by atoms with Crippen LogP contribution in [-0.2, 0) is 15.5 Å². The Morgan fingerprint density at radius 3 is 2.65 bits per heavy atom. The minimum absolute atomic E-state index is 0.136. The van der Waals surface area contributed by atoms with Crippen molar-refractivity contribution >= 4 is 17.3 Å². The van der Waals surface area contributed by atoms with Crippen molar-refractivity contribution in [2.45, 2.75) is 13.3 Å². The van der Waals surface area contributed by atoms with Gasteiger partial charge < -0.3 is 5.32 Å². The van der Waals surface area contributed by atoms with Gasteiger partial charge in [0.15, 0.2) is 0 Å². The number of rotatable bonds is 6. The minimum atomic E-state index is -2.23. The van der Waals surface area contributed by atoms with E-state index in [9.17, 15) is 9.00 Å². The summed E-state index contributed by atoms with van der Waals surface area (Å²) in [5, 5.41) is 2.69. The normalized spacial score (nSPS) is 12.1. The lowest BCUT2D eigenvalue weighted by molar-refractivity contribution is 0.0952. The highest BCUT2D eigenvalue weighted by molar-refractivity contribution is 7.74. The fourth-order valence-electron chi connectivity index (χ4n) is 1.21. The number of benzene rings is 1. The fourth-order valence-corrected chi connectivity index (χ4v) is 1.47. The molecule has 0 saturated heterocycles. The molecule has 5 nitrogen and oxygen atoms in total. The van der Waals surface area contributed by atoms with Gasteiger partial charge in [0, 0.05) is 12.1 Å². The monoisotopic (exact) mass is 257 g/mol. The molecule has 94 valence electrons. The van der Waals surface area contributed by atoms with E-state index in [2.05, 4.69) is 9.50 Å². The van der Waals surface area contributed by atoms with Crippen LogP contribution in [0.1, 0.15) is 22.3 Å². The van der Waals surface area contributed by atoms with Gasteiger partial charge in [-0.15, -0.1) is 0 Å². The molecule has 6 heteroatoms. The van der Waals surface area contributed by atoms with Crippen LogP contribution < -0.4 is 5.32 Å². The maximum atomic E-state index is 11.6. The van der Waals surface area contributed by atoms with Crippen molar-refractivity contribution < 1.29 is 17.7 Å². The summed E-state index contributed by atoms with van der Waals surface area (Å²) in [5.41, 5.74) is 1.70. The van der Waals surface area contributed by atoms with Crippen molar-refractivity contribution in [1.82, 2.24) is 5.32 Å². The quantitative estimate of drug-likeness (QED) is 0.594. The molecule has 0 aliphatic heterocycles. The third-order valence-corrected chi connectivity index (χ3v) is 2.47. The molecule has 0 radical (unpaired) electrons. The Morgan fingerprint density at radius 1 is 1.41 bits per heavy atom. The molecule has 1 atom stereocenters. The zero-order valence-corrected chi connectivity index (χ0v) is 10.3. The van der Waals surface area contributed by atoms with Gasteiger partial charge in [-0.3, -0.25) is 13.5 Å². The molecule has 0 saturated carbocycles. The highest BCUT2D eigenvalue weighted by Gasteiger charge is 2.03. The number of nitrogens with one attached hydrogen (secondary N) is 1. The van der Waals surface area contributed by atoms with Gasteiger partial charge in [0.1, 0.15) is 0 Å². The first kappa shape index (κ1) is 13.8. The Balaban J connectivity index is 2.25. The Kier molecular flexibility index (Phi) is 5.82. The first-order valence-electron chi connectivity index (χ1n) is 5.18. The molecule has 1 aromatic rings. The zero-order chi connectivity index (χ0) is 12.7. The Morgan fingerprint density at radius 2 is 2.06 bits per heavy atom. The molecule has 0 aromatic heterocycles. The third kappa shape index (κ3) is 5.58. The molecule has 1 amide bonds. The smallest absolute Gasteiger partial charge is 0.301 e. The van der Waals surface area contributed by atoms with E-state index in [-0.39, 0.29) is 12.5 Å². The van der Waals surface area contributed by atoms with E-state index < -0.39 is 11.4 Å². The molecule has 1 aromatic carbocycles. The molecular formula is C11H15NO4S. The SMILES string of the molecule is Cc1ccc(C(=O)NCCCOS(=O)O)cc1.